The van der Waals surface area contributed by atoms with E-state index in [2.05, 4.69) is 6.42 Å². The van der Waals surface area contributed by atoms with Gasteiger partial charge in [-0.05, 0) is 32.4 Å². The highest BCUT2D eigenvalue weighted by Gasteiger charge is 1.92. The fraction of sp³-hybridized carbons (Fsp3) is 0.917. The predicted molar refractivity (Wildman–Crippen MR) is 64.0 cm³/mol. The molecule has 0 aliphatic rings. The molecule has 0 aromatic heterocycles. The second-order valence-corrected chi connectivity index (χ2v) is 3.92. The van der Waals surface area contributed by atoms with Gasteiger partial charge in [0.15, 0.2) is 0 Å². The summed E-state index contributed by atoms with van der Waals surface area (Å²) in [7, 11) is 0. The average molecular weight is 199 g/mol. The number of rotatable bonds is 11. The third-order valence-corrected chi connectivity index (χ3v) is 2.47. The topological polar surface area (TPSA) is 52.0 Å². The van der Waals surface area contributed by atoms with Gasteiger partial charge in [-0.3, -0.25) is 0 Å². The molecule has 0 saturated carbocycles. The Morgan fingerprint density at radius 2 is 1.00 bits per heavy atom. The van der Waals surface area contributed by atoms with Gasteiger partial charge in [0.05, 0.1) is 0 Å². The summed E-state index contributed by atoms with van der Waals surface area (Å²) in [4.78, 5) is 0. The van der Waals surface area contributed by atoms with Crippen LogP contribution in [-0.2, 0) is 0 Å². The summed E-state index contributed by atoms with van der Waals surface area (Å²) in [6, 6.07) is 0. The maximum atomic E-state index is 5.42. The van der Waals surface area contributed by atoms with Crippen LogP contribution in [0.4, 0.5) is 0 Å². The molecule has 0 spiro atoms. The van der Waals surface area contributed by atoms with Gasteiger partial charge in [0.25, 0.3) is 0 Å². The average Bonchev–Trinajstić information content (AvgIpc) is 2.21. The lowest BCUT2D eigenvalue weighted by Gasteiger charge is -2.01. The molecule has 4 N–H and O–H groups in total. The molecule has 85 valence electrons. The molecular weight excluding hydrogens is 172 g/mol. The minimum Gasteiger partial charge on any atom is -0.330 e. The first-order chi connectivity index (χ1) is 6.91. The summed E-state index contributed by atoms with van der Waals surface area (Å²) in [5, 5.41) is 0. The first kappa shape index (κ1) is 13.9. The third-order valence-electron chi connectivity index (χ3n) is 2.47. The number of hydrogen-bond donors (Lipinski definition) is 2. The van der Waals surface area contributed by atoms with Gasteiger partial charge in [-0.15, -0.1) is 0 Å². The molecule has 14 heavy (non-hydrogen) atoms. The molecule has 0 bridgehead atoms. The van der Waals surface area contributed by atoms with Crippen LogP contribution in [0, 0.1) is 6.42 Å². The van der Waals surface area contributed by atoms with Crippen molar-refractivity contribution in [1.29, 1.82) is 0 Å². The van der Waals surface area contributed by atoms with Crippen molar-refractivity contribution in [1.82, 2.24) is 0 Å². The van der Waals surface area contributed by atoms with Gasteiger partial charge in [-0.25, -0.2) is 0 Å². The molecule has 0 aromatic carbocycles. The standard InChI is InChI=1S/C12H27N2/c13-11-9-7-5-3-1-2-4-6-8-10-12-14/h1H,2-14H2. The fourth-order valence-electron chi connectivity index (χ4n) is 1.54. The molecule has 0 aliphatic carbocycles. The zero-order valence-electron chi connectivity index (χ0n) is 9.51. The van der Waals surface area contributed by atoms with Crippen molar-refractivity contribution in [3.8, 4) is 0 Å². The Hall–Kier alpha value is -0.0800. The Labute approximate surface area is 89.4 Å². The quantitative estimate of drug-likeness (QED) is 0.503. The van der Waals surface area contributed by atoms with E-state index in [9.17, 15) is 0 Å². The van der Waals surface area contributed by atoms with Crippen molar-refractivity contribution in [3.05, 3.63) is 6.42 Å². The van der Waals surface area contributed by atoms with Gasteiger partial charge in [0, 0.05) is 0 Å². The van der Waals surface area contributed by atoms with E-state index < -0.39 is 0 Å². The van der Waals surface area contributed by atoms with Crippen LogP contribution in [0.5, 0.6) is 0 Å². The lowest BCUT2D eigenvalue weighted by molar-refractivity contribution is 0.618. The SMILES string of the molecule is NCCCCC[CH]CCCCCCN. The highest BCUT2D eigenvalue weighted by molar-refractivity contribution is 4.64. The molecule has 2 nitrogen and oxygen atoms in total. The van der Waals surface area contributed by atoms with Crippen LogP contribution in [0.25, 0.3) is 0 Å². The predicted octanol–water partition coefficient (Wildman–Crippen LogP) is 2.62. The van der Waals surface area contributed by atoms with Crippen molar-refractivity contribution < 1.29 is 0 Å². The maximum Gasteiger partial charge on any atom is -0.00773 e. The molecule has 1 radical (unpaired) electrons. The van der Waals surface area contributed by atoms with Crippen LogP contribution < -0.4 is 11.5 Å². The zero-order chi connectivity index (χ0) is 10.5. The van der Waals surface area contributed by atoms with E-state index in [0.29, 0.717) is 0 Å². The summed E-state index contributed by atoms with van der Waals surface area (Å²) in [5.74, 6) is 0. The van der Waals surface area contributed by atoms with Crippen LogP contribution in [0.1, 0.15) is 57.8 Å². The lowest BCUT2D eigenvalue weighted by atomic mass is 10.1. The summed E-state index contributed by atoms with van der Waals surface area (Å²) in [5.41, 5.74) is 10.8. The van der Waals surface area contributed by atoms with Crippen molar-refractivity contribution in [3.63, 3.8) is 0 Å². The molecule has 0 amide bonds. The molecule has 0 rings (SSSR count). The smallest absolute Gasteiger partial charge is 0.00773 e. The van der Waals surface area contributed by atoms with Gasteiger partial charge in [0.2, 0.25) is 0 Å². The van der Waals surface area contributed by atoms with E-state index in [0.717, 1.165) is 13.1 Å². The molecule has 0 atom stereocenters. The summed E-state index contributed by atoms with van der Waals surface area (Å²) >= 11 is 0. The van der Waals surface area contributed by atoms with Crippen LogP contribution in [-0.4, -0.2) is 13.1 Å². The molecule has 0 aliphatic heterocycles. The Morgan fingerprint density at radius 3 is 1.50 bits per heavy atom. The van der Waals surface area contributed by atoms with Gasteiger partial charge < -0.3 is 11.5 Å². The molecule has 0 saturated heterocycles. The Balaban J connectivity index is 2.78. The second-order valence-electron chi connectivity index (χ2n) is 3.92. The maximum absolute atomic E-state index is 5.42. The molecular formula is C12H27N2. The Morgan fingerprint density at radius 1 is 0.571 bits per heavy atom. The van der Waals surface area contributed by atoms with Gasteiger partial charge in [-0.1, -0.05) is 44.9 Å². The van der Waals surface area contributed by atoms with Crippen LogP contribution in [0.2, 0.25) is 0 Å². The van der Waals surface area contributed by atoms with Gasteiger partial charge >= 0.3 is 0 Å². The third kappa shape index (κ3) is 11.9. The Kier molecular flexibility index (Phi) is 12.8. The van der Waals surface area contributed by atoms with E-state index in [4.69, 9.17) is 11.5 Å². The Bertz CT molecular complexity index is 82.3. The molecule has 0 unspecified atom stereocenters. The summed E-state index contributed by atoms with van der Waals surface area (Å²) < 4.78 is 0. The lowest BCUT2D eigenvalue weighted by Crippen LogP contribution is -1.98. The monoisotopic (exact) mass is 199 g/mol. The van der Waals surface area contributed by atoms with Gasteiger partial charge in [0.1, 0.15) is 0 Å². The van der Waals surface area contributed by atoms with Crippen molar-refractivity contribution in [2.24, 2.45) is 11.5 Å². The molecule has 0 fully saturated rings. The zero-order valence-corrected chi connectivity index (χ0v) is 9.51. The first-order valence-electron chi connectivity index (χ1n) is 6.13. The van der Waals surface area contributed by atoms with E-state index in [1.165, 1.54) is 57.8 Å². The van der Waals surface area contributed by atoms with Gasteiger partial charge in [-0.2, -0.15) is 0 Å². The van der Waals surface area contributed by atoms with E-state index in [-0.39, 0.29) is 0 Å². The highest BCUT2D eigenvalue weighted by Crippen LogP contribution is 2.08. The minimum absolute atomic E-state index is 0.846. The molecule has 0 aromatic rings. The van der Waals surface area contributed by atoms with Crippen LogP contribution in [0.3, 0.4) is 0 Å². The van der Waals surface area contributed by atoms with Crippen LogP contribution in [0.15, 0.2) is 0 Å². The van der Waals surface area contributed by atoms with Crippen molar-refractivity contribution >= 4 is 0 Å². The largest absolute Gasteiger partial charge is 0.330 e. The summed E-state index contributed by atoms with van der Waals surface area (Å²) in [6.45, 7) is 1.70. The molecule has 2 heteroatoms. The highest BCUT2D eigenvalue weighted by atomic mass is 14.5. The minimum atomic E-state index is 0.846. The van der Waals surface area contributed by atoms with Crippen molar-refractivity contribution in [2.45, 2.75) is 57.8 Å². The van der Waals surface area contributed by atoms with E-state index in [1.54, 1.807) is 0 Å². The summed E-state index contributed by atoms with van der Waals surface area (Å²) in [6.07, 6.45) is 14.0. The van der Waals surface area contributed by atoms with Crippen LogP contribution >= 0.6 is 0 Å². The first-order valence-corrected chi connectivity index (χ1v) is 6.13. The van der Waals surface area contributed by atoms with Crippen molar-refractivity contribution in [2.75, 3.05) is 13.1 Å². The van der Waals surface area contributed by atoms with E-state index >= 15 is 0 Å². The number of hydrogen-bond acceptors (Lipinski definition) is 2. The number of unbranched alkanes of at least 4 members (excludes halogenated alkanes) is 9. The second kappa shape index (κ2) is 12.9. The normalized spacial score (nSPS) is 10.7. The fourth-order valence-corrected chi connectivity index (χ4v) is 1.54. The van der Waals surface area contributed by atoms with E-state index in [1.807, 2.05) is 0 Å². The number of nitrogens with two attached hydrogens (primary N) is 2. The molecule has 0 heterocycles.